The maximum atomic E-state index is 11.8. The Kier molecular flexibility index (Phi) is 4.99. The van der Waals surface area contributed by atoms with Crippen molar-refractivity contribution < 1.29 is 14.1 Å². The topological polar surface area (TPSA) is 89.3 Å². The molecule has 0 amide bonds. The van der Waals surface area contributed by atoms with E-state index in [2.05, 4.69) is 4.98 Å². The Morgan fingerprint density at radius 1 is 1.47 bits per heavy atom. The molecule has 1 rings (SSSR count). The Morgan fingerprint density at radius 2 is 2.05 bits per heavy atom. The van der Waals surface area contributed by atoms with E-state index in [0.29, 0.717) is 22.7 Å². The smallest absolute Gasteiger partial charge is 0.348 e. The van der Waals surface area contributed by atoms with E-state index in [1.54, 1.807) is 27.0 Å². The van der Waals surface area contributed by atoms with Crippen LogP contribution in [0.2, 0.25) is 0 Å². The van der Waals surface area contributed by atoms with E-state index in [1.807, 2.05) is 0 Å². The summed E-state index contributed by atoms with van der Waals surface area (Å²) in [5.74, 6) is -1.35. The van der Waals surface area contributed by atoms with E-state index in [-0.39, 0.29) is 6.54 Å². The molecule has 0 aliphatic carbocycles. The molecule has 7 heteroatoms. The molecule has 1 N–H and O–H groups in total. The first-order valence-electron chi connectivity index (χ1n) is 5.86. The number of carboxylic acids is 1. The fraction of sp³-hybridized carbons (Fsp3) is 0.583. The first kappa shape index (κ1) is 15.6. The van der Waals surface area contributed by atoms with Crippen molar-refractivity contribution in [1.82, 2.24) is 9.55 Å². The molecule has 0 radical (unpaired) electrons. The molecule has 0 aromatic carbocycles. The van der Waals surface area contributed by atoms with Gasteiger partial charge in [0.25, 0.3) is 0 Å². The highest BCUT2D eigenvalue weighted by molar-refractivity contribution is 7.84. The van der Waals surface area contributed by atoms with Crippen LogP contribution >= 0.6 is 0 Å². The van der Waals surface area contributed by atoms with Gasteiger partial charge in [0.2, 0.25) is 0 Å². The molecule has 2 unspecified atom stereocenters. The van der Waals surface area contributed by atoms with Crippen molar-refractivity contribution in [3.05, 3.63) is 27.4 Å². The molecule has 0 fully saturated rings. The highest BCUT2D eigenvalue weighted by Gasteiger charge is 2.22. The van der Waals surface area contributed by atoms with Crippen molar-refractivity contribution in [2.75, 3.05) is 12.0 Å². The number of hydrogen-bond acceptors (Lipinski definition) is 4. The zero-order valence-electron chi connectivity index (χ0n) is 11.5. The predicted octanol–water partition coefficient (Wildman–Crippen LogP) is 0.427. The normalized spacial score (nSPS) is 14.1. The quantitative estimate of drug-likeness (QED) is 0.847. The first-order valence-corrected chi connectivity index (χ1v) is 7.59. The van der Waals surface area contributed by atoms with Gasteiger partial charge in [0, 0.05) is 46.3 Å². The number of aryl methyl sites for hydroxylation is 1. The molecule has 1 aromatic heterocycles. The minimum Gasteiger partial charge on any atom is -0.481 e. The van der Waals surface area contributed by atoms with Gasteiger partial charge < -0.3 is 5.11 Å². The van der Waals surface area contributed by atoms with Crippen LogP contribution in [0.1, 0.15) is 29.8 Å². The third kappa shape index (κ3) is 3.50. The van der Waals surface area contributed by atoms with Gasteiger partial charge in [-0.3, -0.25) is 13.6 Å². The minimum absolute atomic E-state index is 0.278. The number of aromatic nitrogens is 2. The molecule has 0 bridgehead atoms. The lowest BCUT2D eigenvalue weighted by atomic mass is 9.98. The average molecular weight is 286 g/mol. The summed E-state index contributed by atoms with van der Waals surface area (Å²) in [6.45, 7) is 5.17. The SMILES string of the molecule is Cc1nc(=O)n(CCS(C)=O)c(C)c1C(C)C(=O)O. The van der Waals surface area contributed by atoms with Crippen molar-refractivity contribution in [3.8, 4) is 0 Å². The highest BCUT2D eigenvalue weighted by atomic mass is 32.2. The summed E-state index contributed by atoms with van der Waals surface area (Å²) in [5.41, 5.74) is 1.14. The van der Waals surface area contributed by atoms with Gasteiger partial charge in [-0.05, 0) is 20.8 Å². The fourth-order valence-corrected chi connectivity index (χ4v) is 2.49. The number of hydrogen-bond donors (Lipinski definition) is 1. The lowest BCUT2D eigenvalue weighted by Gasteiger charge is -2.17. The maximum absolute atomic E-state index is 11.8. The van der Waals surface area contributed by atoms with Crippen LogP contribution in [0, 0.1) is 13.8 Å². The molecular formula is C12H18N2O4S. The Hall–Kier alpha value is -1.50. The number of carboxylic acid groups (broad SMARTS) is 1. The van der Waals surface area contributed by atoms with E-state index >= 15 is 0 Å². The molecule has 0 aliphatic rings. The van der Waals surface area contributed by atoms with E-state index in [1.165, 1.54) is 4.57 Å². The van der Waals surface area contributed by atoms with E-state index < -0.39 is 28.4 Å². The Balaban J connectivity index is 3.34. The van der Waals surface area contributed by atoms with Gasteiger partial charge in [0.15, 0.2) is 0 Å². The van der Waals surface area contributed by atoms with Gasteiger partial charge in [-0.15, -0.1) is 0 Å². The zero-order chi connectivity index (χ0) is 14.7. The Morgan fingerprint density at radius 3 is 2.53 bits per heavy atom. The van der Waals surface area contributed by atoms with Crippen LogP contribution < -0.4 is 5.69 Å². The lowest BCUT2D eigenvalue weighted by Crippen LogP contribution is -2.30. The summed E-state index contributed by atoms with van der Waals surface area (Å²) >= 11 is 0. The van der Waals surface area contributed by atoms with Crippen LogP contribution in [0.4, 0.5) is 0 Å². The molecule has 0 spiro atoms. The summed E-state index contributed by atoms with van der Waals surface area (Å²) in [6.07, 6.45) is 1.56. The second kappa shape index (κ2) is 6.10. The summed E-state index contributed by atoms with van der Waals surface area (Å²) in [6, 6.07) is 0. The standard InChI is InChI=1S/C12H18N2O4S/c1-7(11(15)16)10-8(2)13-12(17)14(9(10)3)5-6-19(4)18/h7H,5-6H2,1-4H3,(H,15,16). The maximum Gasteiger partial charge on any atom is 0.348 e. The van der Waals surface area contributed by atoms with Crippen LogP contribution in [-0.4, -0.2) is 36.8 Å². The minimum atomic E-state index is -1.02. The predicted molar refractivity (Wildman–Crippen MR) is 73.0 cm³/mol. The molecule has 0 aliphatic heterocycles. The molecule has 1 aromatic rings. The van der Waals surface area contributed by atoms with Crippen LogP contribution in [0.5, 0.6) is 0 Å². The van der Waals surface area contributed by atoms with Gasteiger partial charge in [0.1, 0.15) is 0 Å². The van der Waals surface area contributed by atoms with Gasteiger partial charge in [-0.25, -0.2) is 4.79 Å². The molecule has 2 atom stereocenters. The van der Waals surface area contributed by atoms with Crippen molar-refractivity contribution in [3.63, 3.8) is 0 Å². The molecule has 106 valence electrons. The average Bonchev–Trinajstić information content (AvgIpc) is 2.27. The molecule has 19 heavy (non-hydrogen) atoms. The number of nitrogens with zero attached hydrogens (tertiary/aromatic N) is 2. The zero-order valence-corrected chi connectivity index (χ0v) is 12.3. The summed E-state index contributed by atoms with van der Waals surface area (Å²) in [4.78, 5) is 26.8. The number of carbonyl (C=O) groups is 1. The number of aliphatic carboxylic acids is 1. The van der Waals surface area contributed by atoms with E-state index in [4.69, 9.17) is 5.11 Å². The van der Waals surface area contributed by atoms with Crippen LogP contribution in [-0.2, 0) is 22.1 Å². The van der Waals surface area contributed by atoms with Gasteiger partial charge in [0.05, 0.1) is 5.92 Å². The molecule has 0 saturated carbocycles. The summed E-state index contributed by atoms with van der Waals surface area (Å²) in [7, 11) is -1.02. The van der Waals surface area contributed by atoms with Gasteiger partial charge >= 0.3 is 11.7 Å². The van der Waals surface area contributed by atoms with Crippen LogP contribution in [0.15, 0.2) is 4.79 Å². The van der Waals surface area contributed by atoms with Gasteiger partial charge in [-0.2, -0.15) is 4.98 Å². The second-order valence-corrected chi connectivity index (χ2v) is 6.02. The van der Waals surface area contributed by atoms with Crippen molar-refractivity contribution in [2.24, 2.45) is 0 Å². The highest BCUT2D eigenvalue weighted by Crippen LogP contribution is 2.21. The van der Waals surface area contributed by atoms with Gasteiger partial charge in [-0.1, -0.05) is 0 Å². The largest absolute Gasteiger partial charge is 0.481 e. The molecule has 1 heterocycles. The van der Waals surface area contributed by atoms with Crippen molar-refractivity contribution in [1.29, 1.82) is 0 Å². The summed E-state index contributed by atoms with van der Waals surface area (Å²) in [5, 5.41) is 9.10. The lowest BCUT2D eigenvalue weighted by molar-refractivity contribution is -0.138. The molecular weight excluding hydrogens is 268 g/mol. The monoisotopic (exact) mass is 286 g/mol. The first-order chi connectivity index (χ1) is 8.75. The van der Waals surface area contributed by atoms with E-state index in [0.717, 1.165) is 0 Å². The third-order valence-electron chi connectivity index (χ3n) is 3.08. The van der Waals surface area contributed by atoms with Crippen LogP contribution in [0.25, 0.3) is 0 Å². The van der Waals surface area contributed by atoms with Crippen molar-refractivity contribution in [2.45, 2.75) is 33.2 Å². The van der Waals surface area contributed by atoms with Crippen molar-refractivity contribution >= 4 is 16.8 Å². The number of rotatable bonds is 5. The van der Waals surface area contributed by atoms with E-state index in [9.17, 15) is 13.8 Å². The Bertz CT molecular complexity index is 580. The third-order valence-corrected chi connectivity index (χ3v) is 3.84. The second-order valence-electron chi connectivity index (χ2n) is 4.47. The van der Waals surface area contributed by atoms with Crippen LogP contribution in [0.3, 0.4) is 0 Å². The summed E-state index contributed by atoms with van der Waals surface area (Å²) < 4.78 is 12.5. The fourth-order valence-electron chi connectivity index (χ4n) is 2.05. The Labute approximate surface area is 113 Å². The molecule has 6 nitrogen and oxygen atoms in total. The molecule has 0 saturated heterocycles.